The molecule has 0 aromatic heterocycles. The normalized spacial score (nSPS) is 19.2. The molecule has 1 atom stereocenters. The van der Waals surface area contributed by atoms with E-state index in [0.29, 0.717) is 19.4 Å². The Labute approximate surface area is 147 Å². The lowest BCUT2D eigenvalue weighted by Crippen LogP contribution is -2.54. The molecule has 3 rings (SSSR count). The van der Waals surface area contributed by atoms with Gasteiger partial charge in [0.05, 0.1) is 4.92 Å². The van der Waals surface area contributed by atoms with Crippen LogP contribution in [0.3, 0.4) is 0 Å². The first-order chi connectivity index (χ1) is 12.4. The van der Waals surface area contributed by atoms with Crippen molar-refractivity contribution in [1.82, 2.24) is 10.6 Å². The number of amides is 1. The average Bonchev–Trinajstić information content (AvgIpc) is 3.06. The zero-order valence-corrected chi connectivity index (χ0v) is 13.5. The van der Waals surface area contributed by atoms with Gasteiger partial charge in [-0.3, -0.25) is 20.7 Å². The van der Waals surface area contributed by atoms with E-state index in [9.17, 15) is 23.7 Å². The summed E-state index contributed by atoms with van der Waals surface area (Å²) in [6.07, 6.45) is 0.105. The van der Waals surface area contributed by atoms with E-state index in [1.165, 1.54) is 24.3 Å². The molecule has 136 valence electrons. The molecule has 0 aliphatic carbocycles. The summed E-state index contributed by atoms with van der Waals surface area (Å²) < 4.78 is 32.9. The number of nitro groups is 1. The minimum atomic E-state index is -1.29. The molecule has 0 radical (unpaired) electrons. The van der Waals surface area contributed by atoms with E-state index >= 15 is 0 Å². The maximum absolute atomic E-state index is 14.2. The molecule has 1 unspecified atom stereocenters. The summed E-state index contributed by atoms with van der Waals surface area (Å²) in [4.78, 5) is 22.3. The molecule has 2 N–H and O–H groups in total. The summed E-state index contributed by atoms with van der Waals surface area (Å²) in [6.45, 7) is 0.508. The fraction of sp³-hybridized carbons (Fsp3) is 0.235. The van der Waals surface area contributed by atoms with Gasteiger partial charge in [0, 0.05) is 17.7 Å². The van der Waals surface area contributed by atoms with E-state index in [2.05, 4.69) is 10.6 Å². The number of rotatable bonds is 4. The fourth-order valence-electron chi connectivity index (χ4n) is 2.91. The molecule has 1 fully saturated rings. The van der Waals surface area contributed by atoms with Gasteiger partial charge in [-0.05, 0) is 49.7 Å². The predicted octanol–water partition coefficient (Wildman–Crippen LogP) is 3.20. The summed E-state index contributed by atoms with van der Waals surface area (Å²) in [5.74, 6) is -1.20. The monoisotopic (exact) mass is 363 g/mol. The van der Waals surface area contributed by atoms with Crippen LogP contribution in [0.2, 0.25) is 0 Å². The number of hydrogen-bond acceptors (Lipinski definition) is 5. The molecule has 1 saturated heterocycles. The number of nitro benzene ring substituents is 1. The van der Waals surface area contributed by atoms with Gasteiger partial charge in [-0.15, -0.1) is 0 Å². The Kier molecular flexibility index (Phi) is 4.81. The Morgan fingerprint density at radius 2 is 1.96 bits per heavy atom. The van der Waals surface area contributed by atoms with Gasteiger partial charge in [0.25, 0.3) is 5.69 Å². The molecule has 2 aromatic carbocycles. The Balaban J connectivity index is 1.78. The van der Waals surface area contributed by atoms with Crippen molar-refractivity contribution in [2.75, 3.05) is 6.54 Å². The minimum absolute atomic E-state index is 0.0179. The van der Waals surface area contributed by atoms with Crippen LogP contribution < -0.4 is 15.4 Å². The first-order valence-corrected chi connectivity index (χ1v) is 7.85. The lowest BCUT2D eigenvalue weighted by Gasteiger charge is -2.31. The largest absolute Gasteiger partial charge is 0.414 e. The third kappa shape index (κ3) is 3.62. The number of carbonyl (C=O) groups is 1. The number of nitrogens with one attached hydrogen (secondary N) is 2. The molecular weight excluding hydrogens is 348 g/mol. The topological polar surface area (TPSA) is 93.5 Å². The van der Waals surface area contributed by atoms with E-state index < -0.39 is 28.3 Å². The maximum Gasteiger partial charge on any atom is 0.414 e. The van der Waals surface area contributed by atoms with Gasteiger partial charge in [0.2, 0.25) is 0 Å². The van der Waals surface area contributed by atoms with Crippen LogP contribution in [0.25, 0.3) is 0 Å². The van der Waals surface area contributed by atoms with Crippen molar-refractivity contribution >= 4 is 11.8 Å². The van der Waals surface area contributed by atoms with Crippen LogP contribution in [0.1, 0.15) is 18.4 Å². The average molecular weight is 363 g/mol. The highest BCUT2D eigenvalue weighted by Crippen LogP contribution is 2.31. The number of halogens is 2. The molecule has 0 spiro atoms. The van der Waals surface area contributed by atoms with E-state index in [4.69, 9.17) is 4.74 Å². The van der Waals surface area contributed by atoms with Gasteiger partial charge < -0.3 is 4.74 Å². The van der Waals surface area contributed by atoms with Gasteiger partial charge in [-0.1, -0.05) is 0 Å². The van der Waals surface area contributed by atoms with Crippen molar-refractivity contribution in [3.8, 4) is 5.75 Å². The quantitative estimate of drug-likeness (QED) is 0.643. The highest BCUT2D eigenvalue weighted by molar-refractivity contribution is 5.72. The Morgan fingerprint density at radius 1 is 1.23 bits per heavy atom. The number of carbonyl (C=O) groups excluding carboxylic acids is 1. The lowest BCUT2D eigenvalue weighted by molar-refractivity contribution is -0.384. The van der Waals surface area contributed by atoms with E-state index in [-0.39, 0.29) is 17.0 Å². The summed E-state index contributed by atoms with van der Waals surface area (Å²) in [5.41, 5.74) is -1.45. The number of ether oxygens (including phenoxy) is 1. The van der Waals surface area contributed by atoms with Crippen LogP contribution >= 0.6 is 0 Å². The second-order valence-electron chi connectivity index (χ2n) is 5.83. The molecule has 9 heteroatoms. The van der Waals surface area contributed by atoms with E-state index in [1.54, 1.807) is 0 Å². The molecule has 1 amide bonds. The highest BCUT2D eigenvalue weighted by atomic mass is 19.1. The van der Waals surface area contributed by atoms with Crippen LogP contribution in [0.4, 0.5) is 19.3 Å². The van der Waals surface area contributed by atoms with Gasteiger partial charge in [-0.25, -0.2) is 13.6 Å². The summed E-state index contributed by atoms with van der Waals surface area (Å²) >= 11 is 0. The number of non-ortho nitro benzene ring substituents is 1. The Bertz CT molecular complexity index is 836. The highest BCUT2D eigenvalue weighted by Gasteiger charge is 2.39. The van der Waals surface area contributed by atoms with Crippen molar-refractivity contribution in [2.45, 2.75) is 18.5 Å². The molecule has 7 nitrogen and oxygen atoms in total. The zero-order valence-electron chi connectivity index (χ0n) is 13.5. The van der Waals surface area contributed by atoms with Crippen LogP contribution in [0.5, 0.6) is 5.75 Å². The second kappa shape index (κ2) is 7.04. The first kappa shape index (κ1) is 17.7. The number of nitrogens with zero attached hydrogens (tertiary/aromatic N) is 1. The minimum Gasteiger partial charge on any atom is -0.410 e. The van der Waals surface area contributed by atoms with Crippen LogP contribution in [-0.4, -0.2) is 17.6 Å². The van der Waals surface area contributed by atoms with Gasteiger partial charge >= 0.3 is 6.09 Å². The number of hydrogen-bond donors (Lipinski definition) is 2. The van der Waals surface area contributed by atoms with E-state index in [0.717, 1.165) is 18.2 Å². The van der Waals surface area contributed by atoms with Gasteiger partial charge in [0.1, 0.15) is 23.0 Å². The van der Waals surface area contributed by atoms with Crippen molar-refractivity contribution < 1.29 is 23.2 Å². The van der Waals surface area contributed by atoms with Gasteiger partial charge in [0.15, 0.2) is 0 Å². The Hall–Kier alpha value is -3.07. The third-order valence-electron chi connectivity index (χ3n) is 4.12. The molecule has 26 heavy (non-hydrogen) atoms. The van der Waals surface area contributed by atoms with Gasteiger partial charge in [-0.2, -0.15) is 0 Å². The van der Waals surface area contributed by atoms with Crippen molar-refractivity contribution in [1.29, 1.82) is 0 Å². The van der Waals surface area contributed by atoms with Crippen molar-refractivity contribution in [3.05, 3.63) is 69.8 Å². The molecule has 1 aliphatic heterocycles. The van der Waals surface area contributed by atoms with Crippen LogP contribution in [0, 0.1) is 21.7 Å². The standard InChI is InChI=1S/C17H15F2N3O4/c18-11-2-7-15(19)14(10-11)17(8-1-9-20-17)21-16(23)26-13-5-3-12(4-6-13)22(24)25/h2-7,10,20H,1,8-9H2,(H,21,23). The molecule has 1 heterocycles. The third-order valence-corrected chi connectivity index (χ3v) is 4.12. The first-order valence-electron chi connectivity index (χ1n) is 7.85. The second-order valence-corrected chi connectivity index (χ2v) is 5.83. The fourth-order valence-corrected chi connectivity index (χ4v) is 2.91. The number of benzene rings is 2. The molecule has 0 saturated carbocycles. The molecular formula is C17H15F2N3O4. The lowest BCUT2D eigenvalue weighted by atomic mass is 9.97. The SMILES string of the molecule is O=C(NC1(c2cc(F)ccc2F)CCCN1)Oc1ccc([N+](=O)[O-])cc1. The van der Waals surface area contributed by atoms with Crippen molar-refractivity contribution in [3.63, 3.8) is 0 Å². The Morgan fingerprint density at radius 3 is 2.58 bits per heavy atom. The van der Waals surface area contributed by atoms with Crippen molar-refractivity contribution in [2.24, 2.45) is 0 Å². The van der Waals surface area contributed by atoms with E-state index in [1.807, 2.05) is 0 Å². The molecule has 0 bridgehead atoms. The smallest absolute Gasteiger partial charge is 0.410 e. The summed E-state index contributed by atoms with van der Waals surface area (Å²) in [5, 5.41) is 16.2. The predicted molar refractivity (Wildman–Crippen MR) is 87.5 cm³/mol. The zero-order chi connectivity index (χ0) is 18.7. The summed E-state index contributed by atoms with van der Waals surface area (Å²) in [7, 11) is 0. The molecule has 1 aliphatic rings. The summed E-state index contributed by atoms with van der Waals surface area (Å²) in [6, 6.07) is 7.95. The maximum atomic E-state index is 14.2. The van der Waals surface area contributed by atoms with Crippen LogP contribution in [-0.2, 0) is 5.66 Å². The van der Waals surface area contributed by atoms with Crippen LogP contribution in [0.15, 0.2) is 42.5 Å². The molecule has 2 aromatic rings.